The molecule has 2 rings (SSSR count). The lowest BCUT2D eigenvalue weighted by molar-refractivity contribution is -0.287. The molecule has 0 saturated heterocycles. The summed E-state index contributed by atoms with van der Waals surface area (Å²) in [7, 11) is 0. The molecule has 14 heteroatoms. The molecule has 0 radical (unpaired) electrons. The molecule has 0 fully saturated rings. The molecule has 5 nitrogen and oxygen atoms in total. The molecule has 0 aliphatic heterocycles. The normalized spacial score (nSPS) is 12.6. The van der Waals surface area contributed by atoms with E-state index < -0.39 is 53.1 Å². The van der Waals surface area contributed by atoms with Gasteiger partial charge in [-0.05, 0) is 17.7 Å². The third kappa shape index (κ3) is 6.15. The van der Waals surface area contributed by atoms with Crippen LogP contribution in [0.2, 0.25) is 0 Å². The summed E-state index contributed by atoms with van der Waals surface area (Å²) in [6.07, 6.45) is -16.6. The summed E-state index contributed by atoms with van der Waals surface area (Å²) in [4.78, 5) is 0. The Bertz CT molecular complexity index is 875. The van der Waals surface area contributed by atoms with Gasteiger partial charge >= 0.3 is 19.1 Å². The fourth-order valence-electron chi connectivity index (χ4n) is 2.20. The largest absolute Gasteiger partial charge is 0.573 e. The standard InChI is InChI=1S/C15H9F9N2O3/c16-13(17,18)27-9-5-8(26)11(28-14(19,20)21)12(29-15(22,23)24)10(9)6-1-3-7(25)4-2-6/h1-5H,25-26H2. The number of hydrogen-bond acceptors (Lipinski definition) is 5. The predicted octanol–water partition coefficient (Wildman–Crippen LogP) is 5.21. The van der Waals surface area contributed by atoms with Crippen LogP contribution in [0, 0.1) is 0 Å². The van der Waals surface area contributed by atoms with E-state index in [9.17, 15) is 39.5 Å². The van der Waals surface area contributed by atoms with Gasteiger partial charge in [-0.1, -0.05) is 12.1 Å². The lowest BCUT2D eigenvalue weighted by Gasteiger charge is -2.23. The molecule has 2 aromatic carbocycles. The van der Waals surface area contributed by atoms with Crippen molar-refractivity contribution in [2.24, 2.45) is 0 Å². The van der Waals surface area contributed by atoms with Crippen molar-refractivity contribution in [3.05, 3.63) is 30.3 Å². The quantitative estimate of drug-likeness (QED) is 0.508. The zero-order valence-corrected chi connectivity index (χ0v) is 13.7. The van der Waals surface area contributed by atoms with Crippen molar-refractivity contribution in [1.82, 2.24) is 0 Å². The van der Waals surface area contributed by atoms with Crippen LogP contribution in [0.25, 0.3) is 11.1 Å². The first-order valence-corrected chi connectivity index (χ1v) is 7.15. The van der Waals surface area contributed by atoms with Crippen LogP contribution in [0.15, 0.2) is 30.3 Å². The van der Waals surface area contributed by atoms with Gasteiger partial charge in [0.15, 0.2) is 11.5 Å². The number of anilines is 2. The smallest absolute Gasteiger partial charge is 0.405 e. The number of hydrogen-bond donors (Lipinski definition) is 2. The van der Waals surface area contributed by atoms with Crippen molar-refractivity contribution < 1.29 is 53.7 Å². The van der Waals surface area contributed by atoms with Crippen molar-refractivity contribution >= 4 is 11.4 Å². The van der Waals surface area contributed by atoms with Crippen LogP contribution in [-0.2, 0) is 0 Å². The molecule has 0 aliphatic carbocycles. The summed E-state index contributed by atoms with van der Waals surface area (Å²) in [5, 5.41) is 0. The van der Waals surface area contributed by atoms with E-state index in [0.29, 0.717) is 0 Å². The van der Waals surface area contributed by atoms with Gasteiger partial charge < -0.3 is 25.7 Å². The van der Waals surface area contributed by atoms with Crippen LogP contribution >= 0.6 is 0 Å². The van der Waals surface area contributed by atoms with Gasteiger partial charge in [0.1, 0.15) is 5.75 Å². The Morgan fingerprint density at radius 1 is 0.621 bits per heavy atom. The fraction of sp³-hybridized carbons (Fsp3) is 0.200. The van der Waals surface area contributed by atoms with E-state index in [4.69, 9.17) is 11.5 Å². The van der Waals surface area contributed by atoms with E-state index in [-0.39, 0.29) is 11.8 Å². The highest BCUT2D eigenvalue weighted by molar-refractivity contribution is 5.85. The number of nitrogen functional groups attached to an aromatic ring is 2. The van der Waals surface area contributed by atoms with E-state index in [1.54, 1.807) is 0 Å². The second kappa shape index (κ2) is 7.33. The van der Waals surface area contributed by atoms with E-state index in [2.05, 4.69) is 14.2 Å². The van der Waals surface area contributed by atoms with Crippen molar-refractivity contribution in [1.29, 1.82) is 0 Å². The molecule has 0 amide bonds. The highest BCUT2D eigenvalue weighted by Crippen LogP contribution is 2.52. The van der Waals surface area contributed by atoms with Gasteiger partial charge in [-0.15, -0.1) is 39.5 Å². The SMILES string of the molecule is Nc1ccc(-c2c(OC(F)(F)F)cc(N)c(OC(F)(F)F)c2OC(F)(F)F)cc1. The summed E-state index contributed by atoms with van der Waals surface area (Å²) < 4.78 is 125. The first kappa shape index (κ1) is 22.1. The second-order valence-electron chi connectivity index (χ2n) is 5.26. The maximum absolute atomic E-state index is 12.8. The van der Waals surface area contributed by atoms with Crippen molar-refractivity contribution in [3.63, 3.8) is 0 Å². The molecule has 0 unspecified atom stereocenters. The molecule has 2 aromatic rings. The van der Waals surface area contributed by atoms with E-state index in [0.717, 1.165) is 24.3 Å². The maximum Gasteiger partial charge on any atom is 0.573 e. The molecule has 160 valence electrons. The molecular weight excluding hydrogens is 427 g/mol. The van der Waals surface area contributed by atoms with Crippen LogP contribution < -0.4 is 25.7 Å². The molecule has 0 spiro atoms. The molecule has 0 heterocycles. The van der Waals surface area contributed by atoms with E-state index >= 15 is 0 Å². The van der Waals surface area contributed by atoms with Crippen LogP contribution in [0.5, 0.6) is 17.2 Å². The molecular formula is C15H9F9N2O3. The van der Waals surface area contributed by atoms with Gasteiger partial charge in [0.05, 0.1) is 11.3 Å². The average molecular weight is 436 g/mol. The Hall–Kier alpha value is -3.19. The third-order valence-electron chi connectivity index (χ3n) is 3.09. The minimum atomic E-state index is -5.62. The third-order valence-corrected chi connectivity index (χ3v) is 3.09. The van der Waals surface area contributed by atoms with Gasteiger partial charge in [-0.25, -0.2) is 0 Å². The number of ether oxygens (including phenoxy) is 3. The number of benzene rings is 2. The lowest BCUT2D eigenvalue weighted by atomic mass is 10.0. The number of rotatable bonds is 4. The molecule has 0 aromatic heterocycles. The zero-order chi connectivity index (χ0) is 22.2. The van der Waals surface area contributed by atoms with Crippen LogP contribution in [0.4, 0.5) is 50.9 Å². The average Bonchev–Trinajstić information content (AvgIpc) is 2.49. The van der Waals surface area contributed by atoms with Crippen LogP contribution in [-0.4, -0.2) is 19.1 Å². The molecule has 0 aliphatic rings. The Labute approximate surface area is 155 Å². The highest BCUT2D eigenvalue weighted by atomic mass is 19.4. The lowest BCUT2D eigenvalue weighted by Crippen LogP contribution is -2.23. The van der Waals surface area contributed by atoms with Crippen molar-refractivity contribution in [2.75, 3.05) is 11.5 Å². The summed E-state index contributed by atoms with van der Waals surface area (Å²) in [5.41, 5.74) is 7.82. The van der Waals surface area contributed by atoms with Crippen molar-refractivity contribution in [2.45, 2.75) is 19.1 Å². The van der Waals surface area contributed by atoms with Gasteiger partial charge in [0, 0.05) is 11.8 Å². The van der Waals surface area contributed by atoms with Crippen molar-refractivity contribution in [3.8, 4) is 28.4 Å². The molecule has 4 N–H and O–H groups in total. The Morgan fingerprint density at radius 3 is 1.52 bits per heavy atom. The number of halogens is 9. The molecule has 0 atom stereocenters. The number of nitrogens with two attached hydrogens (primary N) is 2. The number of alkyl halides is 9. The summed E-state index contributed by atoms with van der Waals surface area (Å²) in [6, 6.07) is 4.24. The van der Waals surface area contributed by atoms with Gasteiger partial charge in [-0.3, -0.25) is 0 Å². The van der Waals surface area contributed by atoms with Gasteiger partial charge in [-0.2, -0.15) is 0 Å². The summed E-state index contributed by atoms with van der Waals surface area (Å²) in [5.74, 6) is -4.83. The molecule has 29 heavy (non-hydrogen) atoms. The first-order chi connectivity index (χ1) is 13.1. The van der Waals surface area contributed by atoms with E-state index in [1.165, 1.54) is 0 Å². The van der Waals surface area contributed by atoms with Gasteiger partial charge in [0.2, 0.25) is 0 Å². The summed E-state index contributed by atoms with van der Waals surface area (Å²) in [6.45, 7) is 0. The fourth-order valence-corrected chi connectivity index (χ4v) is 2.20. The maximum atomic E-state index is 12.8. The van der Waals surface area contributed by atoms with E-state index in [1.807, 2.05) is 0 Å². The van der Waals surface area contributed by atoms with Crippen LogP contribution in [0.3, 0.4) is 0 Å². The predicted molar refractivity (Wildman–Crippen MR) is 80.8 cm³/mol. The molecule has 0 saturated carbocycles. The monoisotopic (exact) mass is 436 g/mol. The minimum absolute atomic E-state index is 0.0625. The minimum Gasteiger partial charge on any atom is -0.405 e. The van der Waals surface area contributed by atoms with Crippen LogP contribution in [0.1, 0.15) is 0 Å². The highest BCUT2D eigenvalue weighted by Gasteiger charge is 2.41. The Balaban J connectivity index is 2.87. The Kier molecular flexibility index (Phi) is 5.59. The second-order valence-corrected chi connectivity index (χ2v) is 5.26. The van der Waals surface area contributed by atoms with Gasteiger partial charge in [0.25, 0.3) is 0 Å². The topological polar surface area (TPSA) is 79.7 Å². The summed E-state index contributed by atoms with van der Waals surface area (Å²) >= 11 is 0. The zero-order valence-electron chi connectivity index (χ0n) is 13.7. The molecule has 0 bridgehead atoms. The Morgan fingerprint density at radius 2 is 1.07 bits per heavy atom. The first-order valence-electron chi connectivity index (χ1n) is 7.15.